The van der Waals surface area contributed by atoms with Crippen LogP contribution in [0.25, 0.3) is 0 Å². The Morgan fingerprint density at radius 1 is 1.53 bits per heavy atom. The maximum absolute atomic E-state index is 12.0. The van der Waals surface area contributed by atoms with E-state index in [1.807, 2.05) is 0 Å². The average Bonchev–Trinajstić information content (AvgIpc) is 3.26. The molecule has 4 nitrogen and oxygen atoms in total. The molecule has 0 atom stereocenters. The lowest BCUT2D eigenvalue weighted by Crippen LogP contribution is -2.25. The molecule has 1 fully saturated rings. The number of amides is 1. The molecule has 0 bridgehead atoms. The molecule has 3 N–H and O–H groups in total. The molecular weight excluding hydrogens is 240 g/mol. The highest BCUT2D eigenvalue weighted by atomic mass is 16.5. The van der Waals surface area contributed by atoms with Crippen LogP contribution in [0.2, 0.25) is 0 Å². The van der Waals surface area contributed by atoms with Crippen LogP contribution in [-0.2, 0) is 0 Å². The van der Waals surface area contributed by atoms with Crippen LogP contribution in [0.15, 0.2) is 18.2 Å². The second kappa shape index (κ2) is 6.26. The molecule has 2 rings (SSSR count). The van der Waals surface area contributed by atoms with Crippen LogP contribution in [0, 0.1) is 17.8 Å². The van der Waals surface area contributed by atoms with Crippen molar-refractivity contribution in [3.8, 4) is 17.6 Å². The normalized spacial score (nSPS) is 13.4. The zero-order valence-electron chi connectivity index (χ0n) is 11.0. The van der Waals surface area contributed by atoms with E-state index in [-0.39, 0.29) is 12.5 Å². The summed E-state index contributed by atoms with van der Waals surface area (Å²) < 4.78 is 5.21. The predicted octanol–water partition coefficient (Wildman–Crippen LogP) is 1.15. The lowest BCUT2D eigenvalue weighted by molar-refractivity contribution is 0.0951. The van der Waals surface area contributed by atoms with Crippen molar-refractivity contribution in [1.82, 2.24) is 5.32 Å². The van der Waals surface area contributed by atoms with E-state index < -0.39 is 0 Å². The van der Waals surface area contributed by atoms with Gasteiger partial charge in [-0.05, 0) is 37.0 Å². The van der Waals surface area contributed by atoms with Crippen molar-refractivity contribution in [3.05, 3.63) is 29.3 Å². The second-order valence-electron chi connectivity index (χ2n) is 4.57. The Labute approximate surface area is 113 Å². The summed E-state index contributed by atoms with van der Waals surface area (Å²) in [5.41, 5.74) is 6.65. The Bertz CT molecular complexity index is 525. The van der Waals surface area contributed by atoms with Crippen molar-refractivity contribution in [1.29, 1.82) is 0 Å². The minimum atomic E-state index is -0.0645. The van der Waals surface area contributed by atoms with Gasteiger partial charge in [-0.1, -0.05) is 11.8 Å². The van der Waals surface area contributed by atoms with Crippen molar-refractivity contribution >= 4 is 5.91 Å². The van der Waals surface area contributed by atoms with Gasteiger partial charge in [-0.2, -0.15) is 0 Å². The number of hydrogen-bond donors (Lipinski definition) is 2. The molecule has 1 aliphatic carbocycles. The quantitative estimate of drug-likeness (QED) is 0.796. The molecule has 19 heavy (non-hydrogen) atoms. The number of nitrogens with one attached hydrogen (secondary N) is 1. The third-order valence-electron chi connectivity index (χ3n) is 3.04. The van der Waals surface area contributed by atoms with Gasteiger partial charge in [0.1, 0.15) is 5.75 Å². The molecule has 0 aliphatic heterocycles. The van der Waals surface area contributed by atoms with Gasteiger partial charge in [0.05, 0.1) is 19.2 Å². The topological polar surface area (TPSA) is 64.3 Å². The van der Waals surface area contributed by atoms with Gasteiger partial charge in [0.2, 0.25) is 0 Å². The van der Waals surface area contributed by atoms with Gasteiger partial charge in [-0.25, -0.2) is 0 Å². The standard InChI is InChI=1S/C15H18N2O2/c1-19-14-7-6-13(9-12(14)3-2-8-16)15(18)17-10-11-4-5-11/h6-7,9,11H,4-5,8,10,16H2,1H3,(H,17,18). The molecule has 4 heteroatoms. The van der Waals surface area contributed by atoms with Gasteiger partial charge in [0.15, 0.2) is 0 Å². The van der Waals surface area contributed by atoms with Gasteiger partial charge in [0, 0.05) is 12.1 Å². The zero-order valence-corrected chi connectivity index (χ0v) is 11.0. The van der Waals surface area contributed by atoms with Crippen molar-refractivity contribution in [3.63, 3.8) is 0 Å². The van der Waals surface area contributed by atoms with Crippen molar-refractivity contribution in [2.24, 2.45) is 11.7 Å². The van der Waals surface area contributed by atoms with E-state index in [1.165, 1.54) is 12.8 Å². The first-order valence-electron chi connectivity index (χ1n) is 6.39. The predicted molar refractivity (Wildman–Crippen MR) is 74.0 cm³/mol. The average molecular weight is 258 g/mol. The van der Waals surface area contributed by atoms with Crippen molar-refractivity contribution in [2.45, 2.75) is 12.8 Å². The Balaban J connectivity index is 2.13. The minimum absolute atomic E-state index is 0.0645. The molecule has 0 heterocycles. The molecule has 0 aromatic heterocycles. The summed E-state index contributed by atoms with van der Waals surface area (Å²) in [5, 5.41) is 2.93. The number of carbonyl (C=O) groups is 1. The summed E-state index contributed by atoms with van der Waals surface area (Å²) >= 11 is 0. The van der Waals surface area contributed by atoms with Crippen molar-refractivity contribution < 1.29 is 9.53 Å². The van der Waals surface area contributed by atoms with E-state index in [0.29, 0.717) is 22.8 Å². The Morgan fingerprint density at radius 3 is 2.95 bits per heavy atom. The second-order valence-corrected chi connectivity index (χ2v) is 4.57. The number of methoxy groups -OCH3 is 1. The number of hydrogen-bond acceptors (Lipinski definition) is 3. The number of nitrogens with two attached hydrogens (primary N) is 1. The summed E-state index contributed by atoms with van der Waals surface area (Å²) in [6.45, 7) is 1.04. The van der Waals surface area contributed by atoms with E-state index in [2.05, 4.69) is 17.2 Å². The largest absolute Gasteiger partial charge is 0.495 e. The SMILES string of the molecule is COc1ccc(C(=O)NCC2CC2)cc1C#CCN. The van der Waals surface area contributed by atoms with E-state index in [4.69, 9.17) is 10.5 Å². The highest BCUT2D eigenvalue weighted by molar-refractivity contribution is 5.94. The Morgan fingerprint density at radius 2 is 2.32 bits per heavy atom. The van der Waals surface area contributed by atoms with Crippen LogP contribution in [-0.4, -0.2) is 26.1 Å². The van der Waals surface area contributed by atoms with Crippen LogP contribution in [0.4, 0.5) is 0 Å². The lowest BCUT2D eigenvalue weighted by atomic mass is 10.1. The van der Waals surface area contributed by atoms with Crippen LogP contribution >= 0.6 is 0 Å². The first-order valence-corrected chi connectivity index (χ1v) is 6.39. The summed E-state index contributed by atoms with van der Waals surface area (Å²) in [7, 11) is 1.58. The van der Waals surface area contributed by atoms with E-state index >= 15 is 0 Å². The zero-order chi connectivity index (χ0) is 13.7. The third-order valence-corrected chi connectivity index (χ3v) is 3.04. The highest BCUT2D eigenvalue weighted by Crippen LogP contribution is 2.27. The smallest absolute Gasteiger partial charge is 0.251 e. The summed E-state index contributed by atoms with van der Waals surface area (Å²) in [6.07, 6.45) is 2.44. The molecule has 1 saturated carbocycles. The lowest BCUT2D eigenvalue weighted by Gasteiger charge is -2.07. The van der Waals surface area contributed by atoms with Gasteiger partial charge >= 0.3 is 0 Å². The Hall–Kier alpha value is -1.99. The molecule has 1 aromatic carbocycles. The number of rotatable bonds is 4. The molecule has 0 spiro atoms. The molecule has 1 aliphatic rings. The fourth-order valence-corrected chi connectivity index (χ4v) is 1.75. The molecular formula is C15H18N2O2. The molecule has 0 unspecified atom stereocenters. The molecule has 1 aromatic rings. The minimum Gasteiger partial charge on any atom is -0.495 e. The van der Waals surface area contributed by atoms with Gasteiger partial charge in [0.25, 0.3) is 5.91 Å². The maximum Gasteiger partial charge on any atom is 0.251 e. The van der Waals surface area contributed by atoms with Crippen LogP contribution in [0.1, 0.15) is 28.8 Å². The Kier molecular flexibility index (Phi) is 4.43. The number of carbonyl (C=O) groups excluding carboxylic acids is 1. The third kappa shape index (κ3) is 3.73. The first-order chi connectivity index (χ1) is 9.24. The highest BCUT2D eigenvalue weighted by Gasteiger charge is 2.22. The van der Waals surface area contributed by atoms with Crippen LogP contribution < -0.4 is 15.8 Å². The monoisotopic (exact) mass is 258 g/mol. The van der Waals surface area contributed by atoms with Crippen LogP contribution in [0.5, 0.6) is 5.75 Å². The van der Waals surface area contributed by atoms with Gasteiger partial charge < -0.3 is 15.8 Å². The first kappa shape index (κ1) is 13.4. The summed E-state index contributed by atoms with van der Waals surface area (Å²) in [5.74, 6) is 6.94. The summed E-state index contributed by atoms with van der Waals surface area (Å²) in [6, 6.07) is 5.24. The molecule has 0 radical (unpaired) electrons. The summed E-state index contributed by atoms with van der Waals surface area (Å²) in [4.78, 5) is 12.0. The molecule has 1 amide bonds. The van der Waals surface area contributed by atoms with E-state index in [1.54, 1.807) is 25.3 Å². The fraction of sp³-hybridized carbons (Fsp3) is 0.400. The van der Waals surface area contributed by atoms with E-state index in [9.17, 15) is 4.79 Å². The number of ether oxygens (including phenoxy) is 1. The van der Waals surface area contributed by atoms with E-state index in [0.717, 1.165) is 6.54 Å². The maximum atomic E-state index is 12.0. The molecule has 100 valence electrons. The van der Waals surface area contributed by atoms with Crippen molar-refractivity contribution in [2.75, 3.05) is 20.2 Å². The van der Waals surface area contributed by atoms with Gasteiger partial charge in [-0.15, -0.1) is 0 Å². The number of benzene rings is 1. The fourth-order valence-electron chi connectivity index (χ4n) is 1.75. The van der Waals surface area contributed by atoms with Gasteiger partial charge in [-0.3, -0.25) is 4.79 Å². The van der Waals surface area contributed by atoms with Crippen LogP contribution in [0.3, 0.4) is 0 Å². The molecule has 0 saturated heterocycles.